The highest BCUT2D eigenvalue weighted by Crippen LogP contribution is 2.29. The van der Waals surface area contributed by atoms with Gasteiger partial charge in [0, 0.05) is 5.88 Å². The molecule has 1 fully saturated rings. The molecule has 1 N–H and O–H groups in total. The molecule has 0 radical (unpaired) electrons. The summed E-state index contributed by atoms with van der Waals surface area (Å²) in [6.07, 6.45) is 6.12. The van der Waals surface area contributed by atoms with Crippen LogP contribution in [-0.4, -0.2) is 17.3 Å². The van der Waals surface area contributed by atoms with E-state index in [-0.39, 0.29) is 11.4 Å². The van der Waals surface area contributed by atoms with Crippen LogP contribution >= 0.6 is 22.9 Å². The highest BCUT2D eigenvalue weighted by molar-refractivity contribution is 7.07. The van der Waals surface area contributed by atoms with Gasteiger partial charge in [-0.3, -0.25) is 4.79 Å². The van der Waals surface area contributed by atoms with E-state index in [9.17, 15) is 4.79 Å². The Morgan fingerprint density at radius 3 is 2.76 bits per heavy atom. The Bertz CT molecular complexity index is 358. The molecule has 0 aliphatic heterocycles. The number of rotatable bonds is 4. The minimum absolute atomic E-state index is 0.103. The molecule has 2 nitrogen and oxygen atoms in total. The number of carbonyl (C=O) groups excluding carboxylic acids is 1. The van der Waals surface area contributed by atoms with Crippen molar-refractivity contribution in [3.05, 3.63) is 22.4 Å². The van der Waals surface area contributed by atoms with Crippen molar-refractivity contribution < 1.29 is 4.79 Å². The van der Waals surface area contributed by atoms with Crippen molar-refractivity contribution in [3.63, 3.8) is 0 Å². The number of alkyl halides is 1. The number of thiophene rings is 1. The van der Waals surface area contributed by atoms with Crippen molar-refractivity contribution in [3.8, 4) is 0 Å². The second-order valence-electron chi connectivity index (χ2n) is 4.83. The highest BCUT2D eigenvalue weighted by Gasteiger charge is 2.32. The van der Waals surface area contributed by atoms with Gasteiger partial charge in [-0.15, -0.1) is 11.6 Å². The molecule has 0 saturated heterocycles. The molecule has 17 heavy (non-hydrogen) atoms. The maximum absolute atomic E-state index is 12.0. The van der Waals surface area contributed by atoms with E-state index >= 15 is 0 Å². The molecule has 1 aromatic heterocycles. The molecular formula is C13H18ClNOS. The lowest BCUT2D eigenvalue weighted by molar-refractivity contribution is -0.122. The van der Waals surface area contributed by atoms with Gasteiger partial charge in [-0.05, 0) is 35.2 Å². The SMILES string of the molecule is O=C(Cc1ccsc1)NC1(CCl)CCCCC1. The van der Waals surface area contributed by atoms with E-state index in [0.717, 1.165) is 18.4 Å². The third-order valence-corrected chi connectivity index (χ3v) is 4.66. The van der Waals surface area contributed by atoms with Gasteiger partial charge in [-0.1, -0.05) is 19.3 Å². The first-order valence-electron chi connectivity index (χ1n) is 6.12. The third kappa shape index (κ3) is 3.46. The number of carbonyl (C=O) groups is 1. The van der Waals surface area contributed by atoms with Gasteiger partial charge in [0.25, 0.3) is 0 Å². The minimum Gasteiger partial charge on any atom is -0.349 e. The second kappa shape index (κ2) is 5.87. The third-order valence-electron chi connectivity index (χ3n) is 3.42. The van der Waals surface area contributed by atoms with Crippen molar-refractivity contribution in [2.24, 2.45) is 0 Å². The topological polar surface area (TPSA) is 29.1 Å². The first-order valence-corrected chi connectivity index (χ1v) is 7.60. The zero-order valence-corrected chi connectivity index (χ0v) is 11.4. The first-order chi connectivity index (χ1) is 8.24. The summed E-state index contributed by atoms with van der Waals surface area (Å²) in [4.78, 5) is 12.0. The molecule has 0 aromatic carbocycles. The molecule has 1 aromatic rings. The average molecular weight is 272 g/mol. The van der Waals surface area contributed by atoms with E-state index in [4.69, 9.17) is 11.6 Å². The van der Waals surface area contributed by atoms with Crippen LogP contribution < -0.4 is 5.32 Å². The molecule has 1 heterocycles. The smallest absolute Gasteiger partial charge is 0.224 e. The Labute approximate surface area is 111 Å². The Kier molecular flexibility index (Phi) is 4.46. The van der Waals surface area contributed by atoms with E-state index in [2.05, 4.69) is 5.32 Å². The molecule has 2 rings (SSSR count). The Balaban J connectivity index is 1.91. The summed E-state index contributed by atoms with van der Waals surface area (Å²) in [5, 5.41) is 7.18. The van der Waals surface area contributed by atoms with Crippen LogP contribution in [0.2, 0.25) is 0 Å². The molecule has 0 unspecified atom stereocenters. The molecule has 0 atom stereocenters. The van der Waals surface area contributed by atoms with Gasteiger partial charge in [0.05, 0.1) is 12.0 Å². The van der Waals surface area contributed by atoms with Crippen molar-refractivity contribution in [2.45, 2.75) is 44.1 Å². The van der Waals surface area contributed by atoms with Gasteiger partial charge < -0.3 is 5.32 Å². The molecule has 4 heteroatoms. The van der Waals surface area contributed by atoms with Gasteiger partial charge in [-0.25, -0.2) is 0 Å². The van der Waals surface area contributed by atoms with E-state index in [1.165, 1.54) is 19.3 Å². The zero-order chi connectivity index (χ0) is 12.1. The molecule has 1 aliphatic rings. The average Bonchev–Trinajstić information content (AvgIpc) is 2.83. The summed E-state index contributed by atoms with van der Waals surface area (Å²) in [5.41, 5.74) is 0.945. The first kappa shape index (κ1) is 12.9. The fourth-order valence-electron chi connectivity index (χ4n) is 2.44. The lowest BCUT2D eigenvalue weighted by Crippen LogP contribution is -2.51. The zero-order valence-electron chi connectivity index (χ0n) is 9.88. The van der Waals surface area contributed by atoms with Gasteiger partial charge in [0.1, 0.15) is 0 Å². The maximum atomic E-state index is 12.0. The summed E-state index contributed by atoms with van der Waals surface area (Å²) in [7, 11) is 0. The Morgan fingerprint density at radius 1 is 1.41 bits per heavy atom. The van der Waals surface area contributed by atoms with Crippen molar-refractivity contribution in [1.29, 1.82) is 0 Å². The van der Waals surface area contributed by atoms with Crippen LogP contribution in [0.5, 0.6) is 0 Å². The largest absolute Gasteiger partial charge is 0.349 e. The number of halogens is 1. The van der Waals surface area contributed by atoms with E-state index in [1.54, 1.807) is 11.3 Å². The minimum atomic E-state index is -0.146. The summed E-state index contributed by atoms with van der Waals surface area (Å²) in [6.45, 7) is 0. The summed E-state index contributed by atoms with van der Waals surface area (Å²) in [5.74, 6) is 0.633. The van der Waals surface area contributed by atoms with Crippen molar-refractivity contribution in [1.82, 2.24) is 5.32 Å². The van der Waals surface area contributed by atoms with Crippen molar-refractivity contribution in [2.75, 3.05) is 5.88 Å². The number of nitrogens with one attached hydrogen (secondary N) is 1. The lowest BCUT2D eigenvalue weighted by atomic mass is 9.83. The second-order valence-corrected chi connectivity index (χ2v) is 5.88. The summed E-state index contributed by atoms with van der Waals surface area (Å²) < 4.78 is 0. The summed E-state index contributed by atoms with van der Waals surface area (Å²) in [6, 6.07) is 2.00. The van der Waals surface area contributed by atoms with Gasteiger partial charge >= 0.3 is 0 Å². The number of hydrogen-bond acceptors (Lipinski definition) is 2. The van der Waals surface area contributed by atoms with E-state index < -0.39 is 0 Å². The fraction of sp³-hybridized carbons (Fsp3) is 0.615. The van der Waals surface area contributed by atoms with Crippen LogP contribution in [0.4, 0.5) is 0 Å². The van der Waals surface area contributed by atoms with Gasteiger partial charge in [-0.2, -0.15) is 11.3 Å². The van der Waals surface area contributed by atoms with Crippen LogP contribution in [0, 0.1) is 0 Å². The predicted molar refractivity (Wildman–Crippen MR) is 72.7 cm³/mol. The van der Waals surface area contributed by atoms with Crippen molar-refractivity contribution >= 4 is 28.8 Å². The molecule has 0 spiro atoms. The van der Waals surface area contributed by atoms with Crippen LogP contribution in [0.1, 0.15) is 37.7 Å². The Morgan fingerprint density at radius 2 is 2.18 bits per heavy atom. The molecular weight excluding hydrogens is 254 g/mol. The normalized spacial score (nSPS) is 18.9. The molecule has 94 valence electrons. The lowest BCUT2D eigenvalue weighted by Gasteiger charge is -2.36. The van der Waals surface area contributed by atoms with Gasteiger partial charge in [0.2, 0.25) is 5.91 Å². The maximum Gasteiger partial charge on any atom is 0.224 e. The Hall–Kier alpha value is -0.540. The molecule has 0 bridgehead atoms. The number of hydrogen-bond donors (Lipinski definition) is 1. The quantitative estimate of drug-likeness (QED) is 0.836. The van der Waals surface area contributed by atoms with Gasteiger partial charge in [0.15, 0.2) is 0 Å². The van der Waals surface area contributed by atoms with Crippen LogP contribution in [-0.2, 0) is 11.2 Å². The van der Waals surface area contributed by atoms with Crippen LogP contribution in [0.15, 0.2) is 16.8 Å². The molecule has 1 saturated carbocycles. The summed E-state index contributed by atoms with van der Waals surface area (Å²) >= 11 is 7.68. The highest BCUT2D eigenvalue weighted by atomic mass is 35.5. The fourth-order valence-corrected chi connectivity index (χ4v) is 3.44. The van der Waals surface area contributed by atoms with E-state index in [0.29, 0.717) is 12.3 Å². The van der Waals surface area contributed by atoms with Crippen LogP contribution in [0.3, 0.4) is 0 Å². The molecule has 1 aliphatic carbocycles. The standard InChI is InChI=1S/C13H18ClNOS/c14-10-13(5-2-1-3-6-13)15-12(16)8-11-4-7-17-9-11/h4,7,9H,1-3,5-6,8,10H2,(H,15,16). The predicted octanol–water partition coefficient (Wildman–Crippen LogP) is 3.35. The number of amides is 1. The van der Waals surface area contributed by atoms with E-state index in [1.807, 2.05) is 16.8 Å². The monoisotopic (exact) mass is 271 g/mol. The molecule has 1 amide bonds. The van der Waals surface area contributed by atoms with Crippen LogP contribution in [0.25, 0.3) is 0 Å².